The normalized spacial score (nSPS) is 11.1. The maximum Gasteiger partial charge on any atom is 0.0616 e. The molecule has 0 radical (unpaired) electrons. The molecule has 0 spiro atoms. The molecule has 0 aliphatic rings. The molecule has 0 fully saturated rings. The molecule has 1 heterocycles. The monoisotopic (exact) mass is 152 g/mol. The number of aromatic nitrogens is 2. The first-order chi connectivity index (χ1) is 5.38. The highest BCUT2D eigenvalue weighted by atomic mass is 16.2. The molecule has 0 aliphatic heterocycles. The molecule has 60 valence electrons. The second kappa shape index (κ2) is 3.93. The number of aliphatic hydroxyl groups is 1. The standard InChI is InChI=1S/C8H12N2O/c1-2-10-8(4-3-7-11)5-6-9-10/h3-6,11H,2,7H2,1H3/b4-3+. The van der Waals surface area contributed by atoms with E-state index in [9.17, 15) is 0 Å². The van der Waals surface area contributed by atoms with Crippen molar-refractivity contribution in [1.29, 1.82) is 0 Å². The summed E-state index contributed by atoms with van der Waals surface area (Å²) in [5, 5.41) is 12.6. The van der Waals surface area contributed by atoms with Gasteiger partial charge >= 0.3 is 0 Å². The van der Waals surface area contributed by atoms with Crippen LogP contribution in [0.4, 0.5) is 0 Å². The number of rotatable bonds is 3. The first-order valence-corrected chi connectivity index (χ1v) is 3.67. The Morgan fingerprint density at radius 1 is 1.73 bits per heavy atom. The largest absolute Gasteiger partial charge is 0.392 e. The van der Waals surface area contributed by atoms with Gasteiger partial charge in [0.2, 0.25) is 0 Å². The van der Waals surface area contributed by atoms with E-state index in [4.69, 9.17) is 5.11 Å². The molecule has 3 heteroatoms. The molecule has 0 bridgehead atoms. The van der Waals surface area contributed by atoms with Gasteiger partial charge in [0, 0.05) is 12.7 Å². The summed E-state index contributed by atoms with van der Waals surface area (Å²) in [4.78, 5) is 0. The maximum atomic E-state index is 8.51. The predicted octanol–water partition coefficient (Wildman–Crippen LogP) is 0.908. The molecule has 3 nitrogen and oxygen atoms in total. The molecule has 0 saturated carbocycles. The molecule has 11 heavy (non-hydrogen) atoms. The van der Waals surface area contributed by atoms with Crippen molar-refractivity contribution in [2.75, 3.05) is 6.61 Å². The summed E-state index contributed by atoms with van der Waals surface area (Å²) >= 11 is 0. The Labute approximate surface area is 66.0 Å². The molecule has 0 aromatic carbocycles. The summed E-state index contributed by atoms with van der Waals surface area (Å²) in [6, 6.07) is 1.91. The van der Waals surface area contributed by atoms with Crippen LogP contribution < -0.4 is 0 Å². The van der Waals surface area contributed by atoms with E-state index in [-0.39, 0.29) is 6.61 Å². The van der Waals surface area contributed by atoms with E-state index >= 15 is 0 Å². The van der Waals surface area contributed by atoms with Gasteiger partial charge in [0.1, 0.15) is 0 Å². The molecular formula is C8H12N2O. The van der Waals surface area contributed by atoms with E-state index in [0.29, 0.717) is 0 Å². The predicted molar refractivity (Wildman–Crippen MR) is 44.0 cm³/mol. The lowest BCUT2D eigenvalue weighted by molar-refractivity contribution is 0.343. The minimum absolute atomic E-state index is 0.0783. The molecule has 1 N–H and O–H groups in total. The Morgan fingerprint density at radius 3 is 3.18 bits per heavy atom. The fraction of sp³-hybridized carbons (Fsp3) is 0.375. The van der Waals surface area contributed by atoms with Gasteiger partial charge in [0.15, 0.2) is 0 Å². The molecule has 0 unspecified atom stereocenters. The van der Waals surface area contributed by atoms with Crippen molar-refractivity contribution in [3.8, 4) is 0 Å². The van der Waals surface area contributed by atoms with Gasteiger partial charge in [-0.15, -0.1) is 0 Å². The Hall–Kier alpha value is -1.09. The molecule has 0 atom stereocenters. The molecular weight excluding hydrogens is 140 g/mol. The average Bonchev–Trinajstić information content (AvgIpc) is 2.47. The molecule has 0 saturated heterocycles. The highest BCUT2D eigenvalue weighted by Crippen LogP contribution is 2.00. The summed E-state index contributed by atoms with van der Waals surface area (Å²) in [5.41, 5.74) is 1.03. The third kappa shape index (κ3) is 1.91. The smallest absolute Gasteiger partial charge is 0.0616 e. The summed E-state index contributed by atoms with van der Waals surface area (Å²) in [6.45, 7) is 2.97. The topological polar surface area (TPSA) is 38.0 Å². The van der Waals surface area contributed by atoms with Crippen LogP contribution in [0.2, 0.25) is 0 Å². The van der Waals surface area contributed by atoms with Crippen molar-refractivity contribution < 1.29 is 5.11 Å². The van der Waals surface area contributed by atoms with Crippen LogP contribution in [0.15, 0.2) is 18.3 Å². The van der Waals surface area contributed by atoms with Crippen LogP contribution in [-0.2, 0) is 6.54 Å². The lowest BCUT2D eigenvalue weighted by atomic mass is 10.4. The van der Waals surface area contributed by atoms with Crippen molar-refractivity contribution in [2.24, 2.45) is 0 Å². The van der Waals surface area contributed by atoms with E-state index < -0.39 is 0 Å². The third-order valence-electron chi connectivity index (χ3n) is 1.44. The molecule has 0 amide bonds. The Morgan fingerprint density at radius 2 is 2.55 bits per heavy atom. The second-order valence-electron chi connectivity index (χ2n) is 2.16. The first kappa shape index (κ1) is 8.01. The average molecular weight is 152 g/mol. The third-order valence-corrected chi connectivity index (χ3v) is 1.44. The fourth-order valence-corrected chi connectivity index (χ4v) is 0.922. The summed E-state index contributed by atoms with van der Waals surface area (Å²) in [6.07, 6.45) is 5.31. The van der Waals surface area contributed by atoms with Crippen molar-refractivity contribution in [3.05, 3.63) is 24.0 Å². The van der Waals surface area contributed by atoms with E-state index in [1.54, 1.807) is 12.3 Å². The molecule has 0 aliphatic carbocycles. The van der Waals surface area contributed by atoms with Gasteiger partial charge in [0.25, 0.3) is 0 Å². The van der Waals surface area contributed by atoms with Crippen LogP contribution in [0.3, 0.4) is 0 Å². The van der Waals surface area contributed by atoms with Crippen LogP contribution in [-0.4, -0.2) is 21.5 Å². The van der Waals surface area contributed by atoms with Crippen LogP contribution in [0, 0.1) is 0 Å². The van der Waals surface area contributed by atoms with E-state index in [0.717, 1.165) is 12.2 Å². The van der Waals surface area contributed by atoms with E-state index in [1.807, 2.05) is 23.7 Å². The fourth-order valence-electron chi connectivity index (χ4n) is 0.922. The minimum atomic E-state index is 0.0783. The van der Waals surface area contributed by atoms with Crippen molar-refractivity contribution in [1.82, 2.24) is 9.78 Å². The van der Waals surface area contributed by atoms with Gasteiger partial charge in [-0.25, -0.2) is 0 Å². The maximum absolute atomic E-state index is 8.51. The minimum Gasteiger partial charge on any atom is -0.392 e. The zero-order chi connectivity index (χ0) is 8.10. The van der Waals surface area contributed by atoms with Gasteiger partial charge in [-0.1, -0.05) is 6.08 Å². The Balaban J connectivity index is 2.76. The number of hydrogen-bond donors (Lipinski definition) is 1. The lowest BCUT2D eigenvalue weighted by Gasteiger charge is -1.97. The summed E-state index contributed by atoms with van der Waals surface area (Å²) in [5.74, 6) is 0. The summed E-state index contributed by atoms with van der Waals surface area (Å²) < 4.78 is 1.87. The summed E-state index contributed by atoms with van der Waals surface area (Å²) in [7, 11) is 0. The molecule has 1 aromatic rings. The number of hydrogen-bond acceptors (Lipinski definition) is 2. The SMILES string of the molecule is CCn1nccc1/C=C/CO. The Bertz CT molecular complexity index is 240. The van der Waals surface area contributed by atoms with Gasteiger partial charge in [-0.2, -0.15) is 5.10 Å². The van der Waals surface area contributed by atoms with Crippen LogP contribution in [0.1, 0.15) is 12.6 Å². The van der Waals surface area contributed by atoms with E-state index in [2.05, 4.69) is 5.10 Å². The highest BCUT2D eigenvalue weighted by Gasteiger charge is 1.93. The van der Waals surface area contributed by atoms with Crippen molar-refractivity contribution >= 4 is 6.08 Å². The second-order valence-corrected chi connectivity index (χ2v) is 2.16. The van der Waals surface area contributed by atoms with Gasteiger partial charge in [-0.3, -0.25) is 4.68 Å². The van der Waals surface area contributed by atoms with Crippen LogP contribution in [0.5, 0.6) is 0 Å². The van der Waals surface area contributed by atoms with Gasteiger partial charge < -0.3 is 5.11 Å². The number of nitrogens with zero attached hydrogens (tertiary/aromatic N) is 2. The molecule has 1 rings (SSSR count). The molecule has 1 aromatic heterocycles. The zero-order valence-corrected chi connectivity index (χ0v) is 6.57. The number of aryl methyl sites for hydroxylation is 1. The van der Waals surface area contributed by atoms with Crippen molar-refractivity contribution in [3.63, 3.8) is 0 Å². The zero-order valence-electron chi connectivity index (χ0n) is 6.57. The quantitative estimate of drug-likeness (QED) is 0.699. The lowest BCUT2D eigenvalue weighted by Crippen LogP contribution is -1.97. The van der Waals surface area contributed by atoms with E-state index in [1.165, 1.54) is 0 Å². The van der Waals surface area contributed by atoms with Gasteiger partial charge in [-0.05, 0) is 19.1 Å². The van der Waals surface area contributed by atoms with Crippen molar-refractivity contribution in [2.45, 2.75) is 13.5 Å². The van der Waals surface area contributed by atoms with Crippen LogP contribution >= 0.6 is 0 Å². The first-order valence-electron chi connectivity index (χ1n) is 3.67. The highest BCUT2D eigenvalue weighted by molar-refractivity contribution is 5.44. The number of aliphatic hydroxyl groups excluding tert-OH is 1. The Kier molecular flexibility index (Phi) is 2.86. The van der Waals surface area contributed by atoms with Crippen LogP contribution in [0.25, 0.3) is 6.08 Å². The van der Waals surface area contributed by atoms with Gasteiger partial charge in [0.05, 0.1) is 12.3 Å².